The molecule has 0 atom stereocenters. The molecule has 0 spiro atoms. The van der Waals surface area contributed by atoms with Crippen molar-refractivity contribution in [1.29, 1.82) is 0 Å². The number of fused-ring (bicyclic) bond motifs is 1. The van der Waals surface area contributed by atoms with Crippen LogP contribution in [0.5, 0.6) is 0 Å². The van der Waals surface area contributed by atoms with Gasteiger partial charge in [0.2, 0.25) is 0 Å². The van der Waals surface area contributed by atoms with Crippen LogP contribution >= 0.6 is 11.6 Å². The van der Waals surface area contributed by atoms with Crippen molar-refractivity contribution in [2.24, 2.45) is 0 Å². The normalized spacial score (nSPS) is 10.7. The number of rotatable bonds is 2. The molecule has 4 heteroatoms. The van der Waals surface area contributed by atoms with Crippen LogP contribution in [0.4, 0.5) is 5.69 Å². The lowest BCUT2D eigenvalue weighted by molar-refractivity contribution is 0.102. The van der Waals surface area contributed by atoms with Crippen molar-refractivity contribution in [2.75, 3.05) is 5.32 Å². The van der Waals surface area contributed by atoms with Crippen LogP contribution < -0.4 is 5.32 Å². The van der Waals surface area contributed by atoms with E-state index < -0.39 is 0 Å². The number of hydrogen-bond acceptors (Lipinski definition) is 1. The quantitative estimate of drug-likeness (QED) is 0.720. The van der Waals surface area contributed by atoms with E-state index in [-0.39, 0.29) is 5.91 Å². The molecule has 0 saturated heterocycles. The molecule has 3 rings (SSSR count). The van der Waals surface area contributed by atoms with Crippen LogP contribution in [0.25, 0.3) is 10.9 Å². The van der Waals surface area contributed by atoms with Gasteiger partial charge in [-0.25, -0.2) is 0 Å². The predicted molar refractivity (Wildman–Crippen MR) is 82.4 cm³/mol. The Morgan fingerprint density at radius 3 is 2.75 bits per heavy atom. The number of H-pyrrole nitrogens is 1. The first-order valence-electron chi connectivity index (χ1n) is 6.29. The van der Waals surface area contributed by atoms with Crippen molar-refractivity contribution in [1.82, 2.24) is 4.98 Å². The average Bonchev–Trinajstić information content (AvgIpc) is 2.84. The van der Waals surface area contributed by atoms with Gasteiger partial charge in [-0.3, -0.25) is 4.79 Å². The van der Waals surface area contributed by atoms with Crippen molar-refractivity contribution >= 4 is 34.1 Å². The van der Waals surface area contributed by atoms with Gasteiger partial charge in [0, 0.05) is 10.9 Å². The highest BCUT2D eigenvalue weighted by molar-refractivity contribution is 6.33. The first kappa shape index (κ1) is 12.8. The second-order valence-corrected chi connectivity index (χ2v) is 5.11. The van der Waals surface area contributed by atoms with Crippen LogP contribution in [-0.4, -0.2) is 10.9 Å². The van der Waals surface area contributed by atoms with E-state index >= 15 is 0 Å². The van der Waals surface area contributed by atoms with Gasteiger partial charge in [0.1, 0.15) is 5.69 Å². The lowest BCUT2D eigenvalue weighted by Gasteiger charge is -2.05. The summed E-state index contributed by atoms with van der Waals surface area (Å²) in [6.07, 6.45) is 0. The molecule has 100 valence electrons. The third-order valence-electron chi connectivity index (χ3n) is 3.14. The molecular formula is C16H13ClN2O. The van der Waals surface area contributed by atoms with Gasteiger partial charge < -0.3 is 10.3 Å². The second kappa shape index (κ2) is 5.02. The number of para-hydroxylation sites is 1. The number of nitrogens with one attached hydrogen (secondary N) is 2. The summed E-state index contributed by atoms with van der Waals surface area (Å²) < 4.78 is 0. The predicted octanol–water partition coefficient (Wildman–Crippen LogP) is 4.38. The smallest absolute Gasteiger partial charge is 0.272 e. The minimum absolute atomic E-state index is 0.202. The molecule has 0 aliphatic carbocycles. The van der Waals surface area contributed by atoms with E-state index in [1.807, 2.05) is 43.3 Å². The number of anilines is 1. The number of halogens is 1. The van der Waals surface area contributed by atoms with Gasteiger partial charge in [0.15, 0.2) is 0 Å². The van der Waals surface area contributed by atoms with E-state index in [0.717, 1.165) is 16.5 Å². The minimum atomic E-state index is -0.202. The van der Waals surface area contributed by atoms with Crippen LogP contribution in [0.15, 0.2) is 48.5 Å². The van der Waals surface area contributed by atoms with E-state index in [2.05, 4.69) is 10.3 Å². The molecule has 0 aliphatic heterocycles. The van der Waals surface area contributed by atoms with Crippen LogP contribution in [0, 0.1) is 6.92 Å². The van der Waals surface area contributed by atoms with Gasteiger partial charge in [-0.1, -0.05) is 35.4 Å². The lowest BCUT2D eigenvalue weighted by atomic mass is 10.2. The van der Waals surface area contributed by atoms with Crippen LogP contribution in [0.2, 0.25) is 5.02 Å². The molecule has 0 bridgehead atoms. The molecule has 1 heterocycles. The van der Waals surface area contributed by atoms with Gasteiger partial charge in [0.05, 0.1) is 10.7 Å². The zero-order valence-corrected chi connectivity index (χ0v) is 11.7. The van der Waals surface area contributed by atoms with Crippen molar-refractivity contribution in [3.8, 4) is 0 Å². The monoisotopic (exact) mass is 284 g/mol. The fraction of sp³-hybridized carbons (Fsp3) is 0.0625. The summed E-state index contributed by atoms with van der Waals surface area (Å²) in [6, 6.07) is 15.0. The molecule has 2 N–H and O–H groups in total. The van der Waals surface area contributed by atoms with Gasteiger partial charge in [-0.2, -0.15) is 0 Å². The maximum atomic E-state index is 12.2. The van der Waals surface area contributed by atoms with Gasteiger partial charge >= 0.3 is 0 Å². The number of carbonyl (C=O) groups is 1. The highest BCUT2D eigenvalue weighted by Gasteiger charge is 2.11. The third kappa shape index (κ3) is 2.40. The zero-order chi connectivity index (χ0) is 14.1. The van der Waals surface area contributed by atoms with E-state index in [1.54, 1.807) is 12.1 Å². The van der Waals surface area contributed by atoms with Gasteiger partial charge in [-0.05, 0) is 37.3 Å². The molecule has 1 aromatic heterocycles. The maximum Gasteiger partial charge on any atom is 0.272 e. The third-order valence-corrected chi connectivity index (χ3v) is 3.47. The van der Waals surface area contributed by atoms with Crippen molar-refractivity contribution in [3.05, 3.63) is 64.8 Å². The standard InChI is InChI=1S/C16H13ClN2O/c1-10-6-7-13-11(8-10)9-15(18-13)16(20)19-14-5-3-2-4-12(14)17/h2-9,18H,1H3,(H,19,20). The molecule has 2 aromatic carbocycles. The number of aromatic amines is 1. The van der Waals surface area contributed by atoms with Gasteiger partial charge in [-0.15, -0.1) is 0 Å². The molecule has 3 nitrogen and oxygen atoms in total. The molecule has 3 aromatic rings. The molecule has 1 amide bonds. The topological polar surface area (TPSA) is 44.9 Å². The molecule has 0 aliphatic rings. The van der Waals surface area contributed by atoms with Crippen LogP contribution in [0.3, 0.4) is 0 Å². The van der Waals surface area contributed by atoms with Crippen molar-refractivity contribution < 1.29 is 4.79 Å². The minimum Gasteiger partial charge on any atom is -0.351 e. The van der Waals surface area contributed by atoms with E-state index in [0.29, 0.717) is 16.4 Å². The van der Waals surface area contributed by atoms with E-state index in [4.69, 9.17) is 11.6 Å². The SMILES string of the molecule is Cc1ccc2[nH]c(C(=O)Nc3ccccc3Cl)cc2c1. The first-order valence-corrected chi connectivity index (χ1v) is 6.66. The molecule has 0 saturated carbocycles. The Hall–Kier alpha value is -2.26. The highest BCUT2D eigenvalue weighted by atomic mass is 35.5. The first-order chi connectivity index (χ1) is 9.63. The Balaban J connectivity index is 1.91. The zero-order valence-electron chi connectivity index (χ0n) is 10.9. The number of aromatic nitrogens is 1. The Labute approximate surface area is 121 Å². The summed E-state index contributed by atoms with van der Waals surface area (Å²) in [5.74, 6) is -0.202. The van der Waals surface area contributed by atoms with E-state index in [9.17, 15) is 4.79 Å². The Morgan fingerprint density at radius 1 is 1.15 bits per heavy atom. The summed E-state index contributed by atoms with van der Waals surface area (Å²) in [7, 11) is 0. The fourth-order valence-corrected chi connectivity index (χ4v) is 2.31. The number of carbonyl (C=O) groups excluding carboxylic acids is 1. The number of aryl methyl sites for hydroxylation is 1. The highest BCUT2D eigenvalue weighted by Crippen LogP contribution is 2.22. The molecule has 0 radical (unpaired) electrons. The second-order valence-electron chi connectivity index (χ2n) is 4.71. The van der Waals surface area contributed by atoms with E-state index in [1.165, 1.54) is 0 Å². The molecule has 20 heavy (non-hydrogen) atoms. The molecular weight excluding hydrogens is 272 g/mol. The summed E-state index contributed by atoms with van der Waals surface area (Å²) >= 11 is 6.03. The van der Waals surface area contributed by atoms with Crippen LogP contribution in [0.1, 0.15) is 16.1 Å². The van der Waals surface area contributed by atoms with Gasteiger partial charge in [0.25, 0.3) is 5.91 Å². The number of benzene rings is 2. The summed E-state index contributed by atoms with van der Waals surface area (Å²) in [6.45, 7) is 2.02. The summed E-state index contributed by atoms with van der Waals surface area (Å²) in [5.41, 5.74) is 3.23. The average molecular weight is 285 g/mol. The Morgan fingerprint density at radius 2 is 1.95 bits per heavy atom. The van der Waals surface area contributed by atoms with Crippen molar-refractivity contribution in [2.45, 2.75) is 6.92 Å². The number of amides is 1. The van der Waals surface area contributed by atoms with Crippen molar-refractivity contribution in [3.63, 3.8) is 0 Å². The summed E-state index contributed by atoms with van der Waals surface area (Å²) in [5, 5.41) is 4.34. The van der Waals surface area contributed by atoms with Crippen LogP contribution in [-0.2, 0) is 0 Å². The lowest BCUT2D eigenvalue weighted by Crippen LogP contribution is -2.12. The molecule has 0 fully saturated rings. The summed E-state index contributed by atoms with van der Waals surface area (Å²) in [4.78, 5) is 15.3. The number of hydrogen-bond donors (Lipinski definition) is 2. The Bertz CT molecular complexity index is 792. The molecule has 0 unspecified atom stereocenters. The fourth-order valence-electron chi connectivity index (χ4n) is 2.13. The Kier molecular flexibility index (Phi) is 3.20. The maximum absolute atomic E-state index is 12.2. The largest absolute Gasteiger partial charge is 0.351 e.